The van der Waals surface area contributed by atoms with Crippen LogP contribution in [0.3, 0.4) is 0 Å². The standard InChI is InChI=1S/C15H23NO3S/c1-10(2)9-13(15(18)19)16-14(17)6-4-5-12-8-7-11(3)20-12/h7-8,10,13H,4-6,9H2,1-3H3,(H,16,17)(H,18,19)/t13-/m1/s1. The van der Waals surface area contributed by atoms with Crippen LogP contribution in [0, 0.1) is 12.8 Å². The highest BCUT2D eigenvalue weighted by Crippen LogP contribution is 2.17. The molecule has 20 heavy (non-hydrogen) atoms. The highest BCUT2D eigenvalue weighted by molar-refractivity contribution is 7.11. The Morgan fingerprint density at radius 2 is 2.05 bits per heavy atom. The van der Waals surface area contributed by atoms with Gasteiger partial charge < -0.3 is 10.4 Å². The van der Waals surface area contributed by atoms with E-state index < -0.39 is 12.0 Å². The molecule has 112 valence electrons. The Morgan fingerprint density at radius 3 is 2.55 bits per heavy atom. The summed E-state index contributed by atoms with van der Waals surface area (Å²) in [6.45, 7) is 5.95. The van der Waals surface area contributed by atoms with Crippen LogP contribution in [0.5, 0.6) is 0 Å². The Hall–Kier alpha value is -1.36. The van der Waals surface area contributed by atoms with Crippen molar-refractivity contribution in [3.8, 4) is 0 Å². The van der Waals surface area contributed by atoms with Crippen molar-refractivity contribution >= 4 is 23.2 Å². The van der Waals surface area contributed by atoms with Gasteiger partial charge in [-0.15, -0.1) is 11.3 Å². The summed E-state index contributed by atoms with van der Waals surface area (Å²) < 4.78 is 0. The summed E-state index contributed by atoms with van der Waals surface area (Å²) in [5.74, 6) is -0.891. The van der Waals surface area contributed by atoms with Gasteiger partial charge in [0.25, 0.3) is 0 Å². The van der Waals surface area contributed by atoms with Gasteiger partial charge >= 0.3 is 5.97 Å². The number of aliphatic carboxylic acids is 1. The van der Waals surface area contributed by atoms with E-state index in [0.29, 0.717) is 12.8 Å². The Labute approximate surface area is 124 Å². The number of carbonyl (C=O) groups is 2. The molecule has 0 unspecified atom stereocenters. The number of hydrogen-bond acceptors (Lipinski definition) is 3. The summed E-state index contributed by atoms with van der Waals surface area (Å²) in [7, 11) is 0. The number of rotatable bonds is 8. The van der Waals surface area contributed by atoms with Crippen molar-refractivity contribution in [2.75, 3.05) is 0 Å². The SMILES string of the molecule is Cc1ccc(CCCC(=O)N[C@H](CC(C)C)C(=O)O)s1. The lowest BCUT2D eigenvalue weighted by molar-refractivity contribution is -0.142. The minimum Gasteiger partial charge on any atom is -0.480 e. The highest BCUT2D eigenvalue weighted by atomic mass is 32.1. The molecule has 0 aliphatic rings. The summed E-state index contributed by atoms with van der Waals surface area (Å²) in [6, 6.07) is 3.38. The number of hydrogen-bond donors (Lipinski definition) is 2. The second-order valence-electron chi connectivity index (χ2n) is 5.45. The van der Waals surface area contributed by atoms with E-state index in [2.05, 4.69) is 24.4 Å². The van der Waals surface area contributed by atoms with Gasteiger partial charge in [-0.25, -0.2) is 4.79 Å². The molecule has 5 heteroatoms. The number of carboxylic acid groups (broad SMARTS) is 1. The van der Waals surface area contributed by atoms with Crippen LogP contribution in [0.25, 0.3) is 0 Å². The van der Waals surface area contributed by atoms with Crippen molar-refractivity contribution in [1.29, 1.82) is 0 Å². The second-order valence-corrected chi connectivity index (χ2v) is 6.83. The van der Waals surface area contributed by atoms with E-state index in [0.717, 1.165) is 12.8 Å². The fourth-order valence-corrected chi connectivity index (χ4v) is 2.93. The van der Waals surface area contributed by atoms with Gasteiger partial charge in [0.1, 0.15) is 6.04 Å². The van der Waals surface area contributed by atoms with Gasteiger partial charge in [0.2, 0.25) is 5.91 Å². The summed E-state index contributed by atoms with van der Waals surface area (Å²) in [6.07, 6.45) is 2.46. The number of nitrogens with one attached hydrogen (secondary N) is 1. The Kier molecular flexibility index (Phi) is 6.71. The maximum Gasteiger partial charge on any atom is 0.326 e. The monoisotopic (exact) mass is 297 g/mol. The fourth-order valence-electron chi connectivity index (χ4n) is 2.00. The normalized spacial score (nSPS) is 12.4. The molecule has 1 aromatic heterocycles. The topological polar surface area (TPSA) is 66.4 Å². The molecule has 0 fully saturated rings. The first-order valence-corrected chi connectivity index (χ1v) is 7.77. The van der Waals surface area contributed by atoms with Crippen LogP contribution in [0.2, 0.25) is 0 Å². The zero-order valence-electron chi connectivity index (χ0n) is 12.3. The number of amides is 1. The first-order valence-electron chi connectivity index (χ1n) is 6.96. The van der Waals surface area contributed by atoms with E-state index in [1.54, 1.807) is 11.3 Å². The van der Waals surface area contributed by atoms with Gasteiger partial charge in [-0.1, -0.05) is 13.8 Å². The fraction of sp³-hybridized carbons (Fsp3) is 0.600. The van der Waals surface area contributed by atoms with Crippen LogP contribution in [0.4, 0.5) is 0 Å². The molecular weight excluding hydrogens is 274 g/mol. The second kappa shape index (κ2) is 8.04. The van der Waals surface area contributed by atoms with Crippen LogP contribution < -0.4 is 5.32 Å². The largest absolute Gasteiger partial charge is 0.480 e. The summed E-state index contributed by atoms with van der Waals surface area (Å²) >= 11 is 1.74. The maximum absolute atomic E-state index is 11.8. The summed E-state index contributed by atoms with van der Waals surface area (Å²) in [4.78, 5) is 25.4. The van der Waals surface area contributed by atoms with E-state index in [1.807, 2.05) is 13.8 Å². The minimum absolute atomic E-state index is 0.175. The third kappa shape index (κ3) is 6.19. The van der Waals surface area contributed by atoms with Gasteiger partial charge in [0.15, 0.2) is 0 Å². The molecule has 1 amide bonds. The van der Waals surface area contributed by atoms with Crippen LogP contribution >= 0.6 is 11.3 Å². The molecule has 0 aromatic carbocycles. The Balaban J connectivity index is 2.32. The third-order valence-corrected chi connectivity index (χ3v) is 4.02. The molecule has 1 aromatic rings. The Bertz CT molecular complexity index is 454. The highest BCUT2D eigenvalue weighted by Gasteiger charge is 2.20. The first-order chi connectivity index (χ1) is 9.38. The number of carbonyl (C=O) groups excluding carboxylic acids is 1. The molecule has 1 heterocycles. The van der Waals surface area contributed by atoms with Gasteiger partial charge in [0.05, 0.1) is 0 Å². The summed E-state index contributed by atoms with van der Waals surface area (Å²) in [5.41, 5.74) is 0. The van der Waals surface area contributed by atoms with E-state index >= 15 is 0 Å². The number of carboxylic acids is 1. The molecule has 0 aliphatic heterocycles. The lowest BCUT2D eigenvalue weighted by Gasteiger charge is -2.16. The smallest absolute Gasteiger partial charge is 0.326 e. The third-order valence-electron chi connectivity index (χ3n) is 2.96. The molecule has 0 radical (unpaired) electrons. The van der Waals surface area contributed by atoms with Crippen molar-refractivity contribution in [1.82, 2.24) is 5.32 Å². The van der Waals surface area contributed by atoms with E-state index in [9.17, 15) is 9.59 Å². The van der Waals surface area contributed by atoms with Crippen LogP contribution in [-0.2, 0) is 16.0 Å². The molecule has 4 nitrogen and oxygen atoms in total. The number of thiophene rings is 1. The van der Waals surface area contributed by atoms with Crippen LogP contribution in [0.15, 0.2) is 12.1 Å². The van der Waals surface area contributed by atoms with Crippen molar-refractivity contribution in [3.63, 3.8) is 0 Å². The zero-order valence-corrected chi connectivity index (χ0v) is 13.1. The number of aryl methyl sites for hydroxylation is 2. The predicted molar refractivity (Wildman–Crippen MR) is 81.0 cm³/mol. The average Bonchev–Trinajstić information content (AvgIpc) is 2.73. The van der Waals surface area contributed by atoms with Crippen LogP contribution in [-0.4, -0.2) is 23.0 Å². The van der Waals surface area contributed by atoms with Crippen molar-refractivity contribution in [2.24, 2.45) is 5.92 Å². The van der Waals surface area contributed by atoms with Gasteiger partial charge in [-0.2, -0.15) is 0 Å². The molecule has 0 bridgehead atoms. The van der Waals surface area contributed by atoms with Gasteiger partial charge in [0, 0.05) is 16.2 Å². The van der Waals surface area contributed by atoms with E-state index in [4.69, 9.17) is 5.11 Å². The zero-order chi connectivity index (χ0) is 15.1. The van der Waals surface area contributed by atoms with Crippen molar-refractivity contribution in [2.45, 2.75) is 52.5 Å². The van der Waals surface area contributed by atoms with Gasteiger partial charge in [-0.3, -0.25) is 4.79 Å². The minimum atomic E-state index is -0.957. The van der Waals surface area contributed by atoms with E-state index in [1.165, 1.54) is 9.75 Å². The van der Waals surface area contributed by atoms with Crippen molar-refractivity contribution in [3.05, 3.63) is 21.9 Å². The quantitative estimate of drug-likeness (QED) is 0.775. The summed E-state index contributed by atoms with van der Waals surface area (Å²) in [5, 5.41) is 11.7. The molecule has 0 aliphatic carbocycles. The molecule has 1 rings (SSSR count). The van der Waals surface area contributed by atoms with E-state index in [-0.39, 0.29) is 11.8 Å². The maximum atomic E-state index is 11.8. The lowest BCUT2D eigenvalue weighted by Crippen LogP contribution is -2.41. The molecule has 0 saturated heterocycles. The molecule has 2 N–H and O–H groups in total. The van der Waals surface area contributed by atoms with Gasteiger partial charge in [-0.05, 0) is 44.2 Å². The molecule has 0 saturated carbocycles. The predicted octanol–water partition coefficient (Wildman–Crippen LogP) is 2.99. The molecular formula is C15H23NO3S. The Morgan fingerprint density at radius 1 is 1.35 bits per heavy atom. The first kappa shape index (κ1) is 16.7. The lowest BCUT2D eigenvalue weighted by atomic mass is 10.0. The average molecular weight is 297 g/mol. The van der Waals surface area contributed by atoms with Crippen molar-refractivity contribution < 1.29 is 14.7 Å². The molecule has 0 spiro atoms. The van der Waals surface area contributed by atoms with Crippen LogP contribution in [0.1, 0.15) is 42.9 Å². The molecule has 1 atom stereocenters.